The van der Waals surface area contributed by atoms with Gasteiger partial charge in [-0.05, 0) is 24.1 Å². The molecule has 0 bridgehead atoms. The molecule has 1 rings (SSSR count). The van der Waals surface area contributed by atoms with Gasteiger partial charge in [-0.1, -0.05) is 19.9 Å². The molecule has 1 unspecified atom stereocenters. The summed E-state index contributed by atoms with van der Waals surface area (Å²) in [7, 11) is 0. The van der Waals surface area contributed by atoms with Crippen molar-refractivity contribution < 1.29 is 19.5 Å². The van der Waals surface area contributed by atoms with Crippen LogP contribution in [0.4, 0.5) is 0 Å². The summed E-state index contributed by atoms with van der Waals surface area (Å²) in [6.07, 6.45) is 0. The van der Waals surface area contributed by atoms with Gasteiger partial charge in [0.15, 0.2) is 0 Å². The van der Waals surface area contributed by atoms with Crippen LogP contribution in [0.5, 0.6) is 0 Å². The van der Waals surface area contributed by atoms with Crippen molar-refractivity contribution in [2.75, 3.05) is 0 Å². The first-order valence-corrected chi connectivity index (χ1v) is 5.76. The van der Waals surface area contributed by atoms with Gasteiger partial charge in [0.05, 0.1) is 5.56 Å². The molecule has 0 saturated heterocycles. The molecule has 2 amide bonds. The van der Waals surface area contributed by atoms with Gasteiger partial charge >= 0.3 is 5.97 Å². The van der Waals surface area contributed by atoms with E-state index in [1.54, 1.807) is 13.8 Å². The predicted molar refractivity (Wildman–Crippen MR) is 68.7 cm³/mol. The number of carbonyl (C=O) groups is 3. The first-order valence-electron chi connectivity index (χ1n) is 5.76. The zero-order chi connectivity index (χ0) is 14.6. The smallest absolute Gasteiger partial charge is 0.335 e. The minimum Gasteiger partial charge on any atom is -0.478 e. The van der Waals surface area contributed by atoms with Crippen molar-refractivity contribution in [3.8, 4) is 0 Å². The van der Waals surface area contributed by atoms with E-state index in [1.165, 1.54) is 24.3 Å². The van der Waals surface area contributed by atoms with Gasteiger partial charge in [-0.15, -0.1) is 0 Å². The van der Waals surface area contributed by atoms with E-state index in [9.17, 15) is 14.4 Å². The van der Waals surface area contributed by atoms with Crippen LogP contribution in [0.1, 0.15) is 34.6 Å². The van der Waals surface area contributed by atoms with Gasteiger partial charge in [-0.25, -0.2) is 4.79 Å². The third-order valence-corrected chi connectivity index (χ3v) is 2.63. The van der Waals surface area contributed by atoms with Crippen LogP contribution in [0, 0.1) is 5.92 Å². The molecule has 0 heterocycles. The van der Waals surface area contributed by atoms with Crippen LogP contribution in [0.25, 0.3) is 0 Å². The average molecular weight is 264 g/mol. The second-order valence-electron chi connectivity index (χ2n) is 4.48. The summed E-state index contributed by atoms with van der Waals surface area (Å²) in [6, 6.07) is 4.78. The SMILES string of the molecule is CC(C)C(NC(=O)c1cccc(C(=O)O)c1)C(N)=O. The Labute approximate surface area is 110 Å². The van der Waals surface area contributed by atoms with Crippen LogP contribution in [0.3, 0.4) is 0 Å². The Morgan fingerprint density at radius 2 is 1.79 bits per heavy atom. The molecule has 0 fully saturated rings. The number of carbonyl (C=O) groups excluding carboxylic acids is 2. The third kappa shape index (κ3) is 3.80. The molecular weight excluding hydrogens is 248 g/mol. The molecule has 1 aromatic rings. The lowest BCUT2D eigenvalue weighted by Gasteiger charge is -2.18. The Morgan fingerprint density at radius 3 is 2.26 bits per heavy atom. The van der Waals surface area contributed by atoms with Crippen molar-refractivity contribution in [3.63, 3.8) is 0 Å². The number of benzene rings is 1. The Morgan fingerprint density at radius 1 is 1.21 bits per heavy atom. The summed E-state index contributed by atoms with van der Waals surface area (Å²) in [6.45, 7) is 3.51. The van der Waals surface area contributed by atoms with Crippen molar-refractivity contribution >= 4 is 17.8 Å². The van der Waals surface area contributed by atoms with Crippen LogP contribution < -0.4 is 11.1 Å². The lowest BCUT2D eigenvalue weighted by Crippen LogP contribution is -2.47. The fourth-order valence-corrected chi connectivity index (χ4v) is 1.58. The number of carboxylic acid groups (broad SMARTS) is 1. The summed E-state index contributed by atoms with van der Waals surface area (Å²) >= 11 is 0. The van der Waals surface area contributed by atoms with Gasteiger partial charge in [0.2, 0.25) is 5.91 Å². The molecule has 0 spiro atoms. The van der Waals surface area contributed by atoms with E-state index >= 15 is 0 Å². The fourth-order valence-electron chi connectivity index (χ4n) is 1.58. The Hall–Kier alpha value is -2.37. The topological polar surface area (TPSA) is 109 Å². The van der Waals surface area contributed by atoms with E-state index in [0.29, 0.717) is 0 Å². The number of primary amides is 1. The van der Waals surface area contributed by atoms with Gasteiger partial charge in [-0.2, -0.15) is 0 Å². The zero-order valence-electron chi connectivity index (χ0n) is 10.7. The number of rotatable bonds is 5. The van der Waals surface area contributed by atoms with E-state index in [0.717, 1.165) is 0 Å². The molecule has 1 aromatic carbocycles. The minimum atomic E-state index is -1.12. The van der Waals surface area contributed by atoms with Gasteiger partial charge in [0.1, 0.15) is 6.04 Å². The first kappa shape index (κ1) is 14.7. The maximum Gasteiger partial charge on any atom is 0.335 e. The van der Waals surface area contributed by atoms with Crippen LogP contribution in [-0.2, 0) is 4.79 Å². The van der Waals surface area contributed by atoms with Crippen molar-refractivity contribution in [1.82, 2.24) is 5.32 Å². The summed E-state index contributed by atoms with van der Waals surface area (Å²) in [5.41, 5.74) is 5.37. The van der Waals surface area contributed by atoms with E-state index in [2.05, 4.69) is 5.32 Å². The van der Waals surface area contributed by atoms with E-state index < -0.39 is 23.8 Å². The molecule has 0 aliphatic rings. The molecule has 102 valence electrons. The first-order chi connectivity index (χ1) is 8.82. The molecule has 0 saturated carbocycles. The maximum atomic E-state index is 11.9. The van der Waals surface area contributed by atoms with Gasteiger partial charge in [0, 0.05) is 5.56 Å². The Bertz CT molecular complexity index is 511. The average Bonchev–Trinajstić information content (AvgIpc) is 2.34. The molecule has 19 heavy (non-hydrogen) atoms. The van der Waals surface area contributed by atoms with E-state index in [-0.39, 0.29) is 17.0 Å². The number of nitrogens with two attached hydrogens (primary N) is 1. The van der Waals surface area contributed by atoms with E-state index in [1.807, 2.05) is 0 Å². The second-order valence-corrected chi connectivity index (χ2v) is 4.48. The lowest BCUT2D eigenvalue weighted by atomic mass is 10.0. The molecule has 1 atom stereocenters. The van der Waals surface area contributed by atoms with Crippen molar-refractivity contribution in [1.29, 1.82) is 0 Å². The summed E-state index contributed by atoms with van der Waals surface area (Å²) in [5, 5.41) is 11.3. The number of hydrogen-bond acceptors (Lipinski definition) is 3. The second kappa shape index (κ2) is 5.99. The number of hydrogen-bond donors (Lipinski definition) is 3. The Balaban J connectivity index is 2.91. The van der Waals surface area contributed by atoms with Crippen LogP contribution in [0.2, 0.25) is 0 Å². The van der Waals surface area contributed by atoms with Crippen molar-refractivity contribution in [2.45, 2.75) is 19.9 Å². The molecule has 0 aliphatic heterocycles. The lowest BCUT2D eigenvalue weighted by molar-refractivity contribution is -0.120. The predicted octanol–water partition coefficient (Wildman–Crippen LogP) is 0.624. The number of aromatic carboxylic acids is 1. The summed E-state index contributed by atoms with van der Waals surface area (Å²) in [4.78, 5) is 33.9. The van der Waals surface area contributed by atoms with Gasteiger partial charge < -0.3 is 16.2 Å². The third-order valence-electron chi connectivity index (χ3n) is 2.63. The quantitative estimate of drug-likeness (QED) is 0.724. The highest BCUT2D eigenvalue weighted by molar-refractivity contribution is 5.99. The molecule has 0 radical (unpaired) electrons. The molecule has 4 N–H and O–H groups in total. The highest BCUT2D eigenvalue weighted by atomic mass is 16.4. The number of amides is 2. The zero-order valence-corrected chi connectivity index (χ0v) is 10.7. The Kier molecular flexibility index (Phi) is 4.63. The fraction of sp³-hybridized carbons (Fsp3) is 0.308. The van der Waals surface area contributed by atoms with Crippen LogP contribution >= 0.6 is 0 Å². The van der Waals surface area contributed by atoms with Crippen molar-refractivity contribution in [2.24, 2.45) is 11.7 Å². The van der Waals surface area contributed by atoms with E-state index in [4.69, 9.17) is 10.8 Å². The molecule has 0 aliphatic carbocycles. The normalized spacial score (nSPS) is 11.9. The molecule has 6 nitrogen and oxygen atoms in total. The standard InChI is InChI=1S/C13H16N2O4/c1-7(2)10(11(14)16)15-12(17)8-4-3-5-9(6-8)13(18)19/h3-7,10H,1-2H3,(H2,14,16)(H,15,17)(H,18,19). The largest absolute Gasteiger partial charge is 0.478 e. The van der Waals surface area contributed by atoms with Crippen LogP contribution in [-0.4, -0.2) is 28.9 Å². The van der Waals surface area contributed by atoms with Gasteiger partial charge in [-0.3, -0.25) is 9.59 Å². The molecule has 0 aromatic heterocycles. The number of nitrogens with one attached hydrogen (secondary N) is 1. The summed E-state index contributed by atoms with van der Waals surface area (Å²) < 4.78 is 0. The molecule has 6 heteroatoms. The number of carboxylic acids is 1. The summed E-state index contributed by atoms with van der Waals surface area (Å²) in [5.74, 6) is -2.42. The highest BCUT2D eigenvalue weighted by Crippen LogP contribution is 2.07. The highest BCUT2D eigenvalue weighted by Gasteiger charge is 2.22. The van der Waals surface area contributed by atoms with Gasteiger partial charge in [0.25, 0.3) is 5.91 Å². The molecular formula is C13H16N2O4. The minimum absolute atomic E-state index is 0.00724. The monoisotopic (exact) mass is 264 g/mol. The van der Waals surface area contributed by atoms with Crippen molar-refractivity contribution in [3.05, 3.63) is 35.4 Å². The van der Waals surface area contributed by atoms with Crippen LogP contribution in [0.15, 0.2) is 24.3 Å². The maximum absolute atomic E-state index is 11.9.